The molecule has 2 N–H and O–H groups in total. The van der Waals surface area contributed by atoms with Crippen molar-refractivity contribution in [3.05, 3.63) is 33.9 Å². The van der Waals surface area contributed by atoms with Gasteiger partial charge in [0.25, 0.3) is 5.69 Å². The number of hydrogen-bond donors (Lipinski definition) is 1. The number of nitrogens with two attached hydrogens (primary N) is 1. The smallest absolute Gasteiger partial charge is 0.327 e. The van der Waals surface area contributed by atoms with E-state index in [1.807, 2.05) is 6.07 Å². The van der Waals surface area contributed by atoms with Crippen LogP contribution in [-0.2, 0) is 6.18 Å². The van der Waals surface area contributed by atoms with Crippen LogP contribution in [0.25, 0.3) is 0 Å². The van der Waals surface area contributed by atoms with E-state index in [1.54, 1.807) is 0 Å². The van der Waals surface area contributed by atoms with Gasteiger partial charge in [-0.05, 0) is 12.1 Å². The van der Waals surface area contributed by atoms with E-state index in [-0.39, 0.29) is 29.2 Å². The second-order valence-electron chi connectivity index (χ2n) is 4.27. The average molecular weight is 399 g/mol. The highest BCUT2D eigenvalue weighted by Crippen LogP contribution is 2.42. The second kappa shape index (κ2) is 6.31. The predicted molar refractivity (Wildman–Crippen MR) is 80.8 cm³/mol. The Balaban J connectivity index is 0.00000242. The highest BCUT2D eigenvalue weighted by molar-refractivity contribution is 8.93. The monoisotopic (exact) mass is 398 g/mol. The van der Waals surface area contributed by atoms with Gasteiger partial charge in [-0.2, -0.15) is 18.4 Å². The highest BCUT2D eigenvalue weighted by atomic mass is 79.9. The van der Waals surface area contributed by atoms with Gasteiger partial charge in [0.15, 0.2) is 0 Å². The van der Waals surface area contributed by atoms with Gasteiger partial charge in [0.05, 0.1) is 10.5 Å². The molecule has 0 aliphatic carbocycles. The molecule has 1 aromatic carbocycles. The second-order valence-corrected chi connectivity index (χ2v) is 5.59. The Morgan fingerprint density at radius 2 is 2.14 bits per heavy atom. The minimum atomic E-state index is -4.68. The van der Waals surface area contributed by atoms with Crippen LogP contribution in [0.4, 0.5) is 24.5 Å². The van der Waals surface area contributed by atoms with E-state index in [0.29, 0.717) is 11.8 Å². The maximum absolute atomic E-state index is 12.6. The molecule has 0 spiro atoms. The Labute approximate surface area is 138 Å². The molecule has 1 heterocycles. The number of halogens is 4. The third kappa shape index (κ3) is 3.29. The molecule has 1 aliphatic rings. The summed E-state index contributed by atoms with van der Waals surface area (Å²) in [6.45, 7) is 0.237. The van der Waals surface area contributed by atoms with Gasteiger partial charge in [0.1, 0.15) is 11.8 Å². The fourth-order valence-corrected chi connectivity index (χ4v) is 3.00. The largest absolute Gasteiger partial charge is 0.416 e. The summed E-state index contributed by atoms with van der Waals surface area (Å²) >= 11 is 1.08. The molecule has 1 saturated heterocycles. The third-order valence-electron chi connectivity index (χ3n) is 2.99. The SMILES string of the molecule is Br.N#CC1(N)SCCN1c1ccc(C(F)(F)F)cc1[N+](=O)[O-]. The maximum atomic E-state index is 12.6. The fraction of sp³-hybridized carbons (Fsp3) is 0.364. The zero-order valence-corrected chi connectivity index (χ0v) is 13.4. The summed E-state index contributed by atoms with van der Waals surface area (Å²) in [5.74, 6) is 0.447. The van der Waals surface area contributed by atoms with E-state index in [1.165, 1.54) is 4.90 Å². The number of nitro benzene ring substituents is 1. The summed E-state index contributed by atoms with van der Waals surface area (Å²) in [6.07, 6.45) is -4.68. The summed E-state index contributed by atoms with van der Waals surface area (Å²) in [6, 6.07) is 3.99. The van der Waals surface area contributed by atoms with Crippen molar-refractivity contribution in [2.24, 2.45) is 5.73 Å². The van der Waals surface area contributed by atoms with Gasteiger partial charge in [0, 0.05) is 18.4 Å². The number of nitrogens with zero attached hydrogens (tertiary/aromatic N) is 3. The molecule has 0 aromatic heterocycles. The van der Waals surface area contributed by atoms with E-state index in [4.69, 9.17) is 11.0 Å². The number of hydrogen-bond acceptors (Lipinski definition) is 6. The van der Waals surface area contributed by atoms with Crippen molar-refractivity contribution < 1.29 is 18.1 Å². The van der Waals surface area contributed by atoms with Crippen LogP contribution in [0.2, 0.25) is 0 Å². The summed E-state index contributed by atoms with van der Waals surface area (Å²) in [5.41, 5.74) is 3.87. The number of anilines is 1. The molecule has 22 heavy (non-hydrogen) atoms. The van der Waals surface area contributed by atoms with Crippen molar-refractivity contribution in [3.63, 3.8) is 0 Å². The average Bonchev–Trinajstić information content (AvgIpc) is 2.79. The standard InChI is InChI=1S/C11H9F3N4O2S.BrH/c12-11(13,14)7-1-2-8(9(5-7)18(19)20)17-3-4-21-10(17,16)6-15;/h1-2,5H,3-4,16H2;1H. The number of rotatable bonds is 2. The Morgan fingerprint density at radius 3 is 2.64 bits per heavy atom. The Hall–Kier alpha value is -1.51. The molecular formula is C11H10BrF3N4O2S. The molecule has 1 fully saturated rings. The van der Waals surface area contributed by atoms with Crippen LogP contribution >= 0.6 is 28.7 Å². The number of benzene rings is 1. The molecule has 1 aromatic rings. The predicted octanol–water partition coefficient (Wildman–Crippen LogP) is 2.88. The van der Waals surface area contributed by atoms with Crippen LogP contribution in [0.5, 0.6) is 0 Å². The highest BCUT2D eigenvalue weighted by Gasteiger charge is 2.42. The van der Waals surface area contributed by atoms with Crippen LogP contribution in [0.3, 0.4) is 0 Å². The van der Waals surface area contributed by atoms with Gasteiger partial charge >= 0.3 is 6.18 Å². The minimum absolute atomic E-state index is 0. The van der Waals surface area contributed by atoms with Gasteiger partial charge < -0.3 is 4.90 Å². The molecule has 0 bridgehead atoms. The number of nitriles is 1. The quantitative estimate of drug-likeness (QED) is 0.607. The van der Waals surface area contributed by atoms with Crippen molar-refractivity contribution >= 4 is 40.1 Å². The van der Waals surface area contributed by atoms with Crippen LogP contribution in [0.15, 0.2) is 18.2 Å². The number of nitro groups is 1. The van der Waals surface area contributed by atoms with Crippen LogP contribution in [0, 0.1) is 21.4 Å². The van der Waals surface area contributed by atoms with Crippen LogP contribution < -0.4 is 10.6 Å². The Kier molecular flexibility index (Phi) is 5.32. The van der Waals surface area contributed by atoms with E-state index in [2.05, 4.69) is 0 Å². The van der Waals surface area contributed by atoms with E-state index >= 15 is 0 Å². The van der Waals surface area contributed by atoms with Crippen molar-refractivity contribution in [2.75, 3.05) is 17.2 Å². The van der Waals surface area contributed by atoms with Gasteiger partial charge in [-0.1, -0.05) is 0 Å². The molecule has 0 saturated carbocycles. The molecule has 120 valence electrons. The molecule has 6 nitrogen and oxygen atoms in total. The van der Waals surface area contributed by atoms with Gasteiger partial charge in [-0.3, -0.25) is 15.8 Å². The van der Waals surface area contributed by atoms with Crippen LogP contribution in [0.1, 0.15) is 5.56 Å². The maximum Gasteiger partial charge on any atom is 0.416 e. The summed E-state index contributed by atoms with van der Waals surface area (Å²) in [4.78, 5) is 9.85. The molecule has 1 unspecified atom stereocenters. The summed E-state index contributed by atoms with van der Waals surface area (Å²) < 4.78 is 37.9. The van der Waals surface area contributed by atoms with Gasteiger partial charge in [-0.25, -0.2) is 0 Å². The lowest BCUT2D eigenvalue weighted by molar-refractivity contribution is -0.384. The first-order valence-corrected chi connectivity index (χ1v) is 6.65. The third-order valence-corrected chi connectivity index (χ3v) is 4.13. The topological polar surface area (TPSA) is 96.2 Å². The first kappa shape index (κ1) is 18.5. The first-order chi connectivity index (χ1) is 9.69. The Bertz CT molecular complexity index is 637. The van der Waals surface area contributed by atoms with Crippen molar-refractivity contribution in [3.8, 4) is 6.07 Å². The van der Waals surface area contributed by atoms with Crippen molar-refractivity contribution in [2.45, 2.75) is 11.2 Å². The van der Waals surface area contributed by atoms with Gasteiger partial charge in [-0.15, -0.1) is 28.7 Å². The number of thioether (sulfide) groups is 1. The first-order valence-electron chi connectivity index (χ1n) is 5.66. The summed E-state index contributed by atoms with van der Waals surface area (Å²) in [7, 11) is 0. The lowest BCUT2D eigenvalue weighted by Gasteiger charge is -2.29. The molecule has 11 heteroatoms. The molecule has 1 atom stereocenters. The molecule has 1 aliphatic heterocycles. The van der Waals surface area contributed by atoms with Crippen molar-refractivity contribution in [1.82, 2.24) is 0 Å². The molecule has 0 amide bonds. The lowest BCUT2D eigenvalue weighted by atomic mass is 10.1. The molecular weight excluding hydrogens is 389 g/mol. The zero-order chi connectivity index (χ0) is 15.8. The normalized spacial score (nSPS) is 21.1. The number of alkyl halides is 3. The lowest BCUT2D eigenvalue weighted by Crippen LogP contribution is -2.49. The van der Waals surface area contributed by atoms with E-state index < -0.39 is 27.3 Å². The minimum Gasteiger partial charge on any atom is -0.327 e. The van der Waals surface area contributed by atoms with Gasteiger partial charge in [0.2, 0.25) is 4.99 Å². The zero-order valence-electron chi connectivity index (χ0n) is 10.8. The molecule has 2 rings (SSSR count). The Morgan fingerprint density at radius 1 is 1.50 bits per heavy atom. The molecule has 0 radical (unpaired) electrons. The van der Waals surface area contributed by atoms with Crippen LogP contribution in [-0.4, -0.2) is 22.2 Å². The fourth-order valence-electron chi connectivity index (χ4n) is 2.00. The van der Waals surface area contributed by atoms with E-state index in [9.17, 15) is 23.3 Å². The van der Waals surface area contributed by atoms with Crippen molar-refractivity contribution in [1.29, 1.82) is 5.26 Å². The van der Waals surface area contributed by atoms with E-state index in [0.717, 1.165) is 23.9 Å². The summed E-state index contributed by atoms with van der Waals surface area (Å²) in [5, 5.41) is 20.1.